The van der Waals surface area contributed by atoms with Crippen molar-refractivity contribution in [2.45, 2.75) is 11.3 Å². The van der Waals surface area contributed by atoms with E-state index in [0.29, 0.717) is 0 Å². The minimum Gasteiger partial charge on any atom is -0.469 e. The SMILES string of the molecule is COC(=O)CCSc1c(N)ccc(F)c1F. The molecule has 0 heterocycles. The van der Waals surface area contributed by atoms with Crippen LogP contribution < -0.4 is 5.73 Å². The van der Waals surface area contributed by atoms with Gasteiger partial charge in [-0.05, 0) is 12.1 Å². The number of thioether (sulfide) groups is 1. The normalized spacial score (nSPS) is 10.2. The van der Waals surface area contributed by atoms with Crippen LogP contribution in [0.2, 0.25) is 0 Å². The highest BCUT2D eigenvalue weighted by atomic mass is 32.2. The van der Waals surface area contributed by atoms with Crippen molar-refractivity contribution in [3.05, 3.63) is 23.8 Å². The number of hydrogen-bond donors (Lipinski definition) is 1. The number of carbonyl (C=O) groups excluding carboxylic acids is 1. The zero-order valence-electron chi connectivity index (χ0n) is 8.63. The van der Waals surface area contributed by atoms with Crippen LogP contribution in [-0.2, 0) is 9.53 Å². The van der Waals surface area contributed by atoms with Crippen LogP contribution in [0, 0.1) is 11.6 Å². The summed E-state index contributed by atoms with van der Waals surface area (Å²) in [6.45, 7) is 0. The van der Waals surface area contributed by atoms with Crippen molar-refractivity contribution in [2.75, 3.05) is 18.6 Å². The molecule has 0 unspecified atom stereocenters. The number of ether oxygens (including phenoxy) is 1. The van der Waals surface area contributed by atoms with Crippen molar-refractivity contribution < 1.29 is 18.3 Å². The Hall–Kier alpha value is -1.30. The summed E-state index contributed by atoms with van der Waals surface area (Å²) in [5.41, 5.74) is 5.66. The number of nitrogen functional groups attached to an aromatic ring is 1. The molecule has 0 amide bonds. The Labute approximate surface area is 96.0 Å². The summed E-state index contributed by atoms with van der Waals surface area (Å²) in [6.07, 6.45) is 0.122. The minimum absolute atomic E-state index is 0.0314. The lowest BCUT2D eigenvalue weighted by atomic mass is 10.3. The number of nitrogens with two attached hydrogens (primary N) is 1. The van der Waals surface area contributed by atoms with Gasteiger partial charge in [-0.25, -0.2) is 8.78 Å². The molecule has 0 aliphatic rings. The molecule has 3 nitrogen and oxygen atoms in total. The standard InChI is InChI=1S/C10H11F2NO2S/c1-15-8(14)4-5-16-10-7(13)3-2-6(11)9(10)12/h2-3H,4-5,13H2,1H3. The molecule has 0 spiro atoms. The van der Waals surface area contributed by atoms with Crippen LogP contribution in [0.1, 0.15) is 6.42 Å². The van der Waals surface area contributed by atoms with Gasteiger partial charge in [0, 0.05) is 11.4 Å². The molecule has 1 aromatic carbocycles. The van der Waals surface area contributed by atoms with Crippen molar-refractivity contribution >= 4 is 23.4 Å². The van der Waals surface area contributed by atoms with E-state index in [4.69, 9.17) is 5.73 Å². The van der Waals surface area contributed by atoms with E-state index in [1.807, 2.05) is 0 Å². The monoisotopic (exact) mass is 247 g/mol. The predicted octanol–water partition coefficient (Wildman–Crippen LogP) is 2.20. The van der Waals surface area contributed by atoms with Crippen LogP contribution in [0.5, 0.6) is 0 Å². The molecule has 6 heteroatoms. The maximum absolute atomic E-state index is 13.3. The van der Waals surface area contributed by atoms with Crippen molar-refractivity contribution in [3.8, 4) is 0 Å². The van der Waals surface area contributed by atoms with E-state index < -0.39 is 17.6 Å². The zero-order valence-corrected chi connectivity index (χ0v) is 9.44. The van der Waals surface area contributed by atoms with Crippen molar-refractivity contribution in [1.82, 2.24) is 0 Å². The molecule has 88 valence electrons. The molecule has 16 heavy (non-hydrogen) atoms. The molecule has 0 radical (unpaired) electrons. The van der Waals surface area contributed by atoms with Gasteiger partial charge in [0.1, 0.15) is 0 Å². The van der Waals surface area contributed by atoms with E-state index in [0.717, 1.165) is 17.8 Å². The molecule has 1 rings (SSSR count). The highest BCUT2D eigenvalue weighted by molar-refractivity contribution is 7.99. The van der Waals surface area contributed by atoms with E-state index in [1.165, 1.54) is 13.2 Å². The molecular formula is C10H11F2NO2S. The summed E-state index contributed by atoms with van der Waals surface area (Å²) in [6, 6.07) is 2.26. The third kappa shape index (κ3) is 3.10. The lowest BCUT2D eigenvalue weighted by Gasteiger charge is -2.06. The van der Waals surface area contributed by atoms with Crippen LogP contribution >= 0.6 is 11.8 Å². The first kappa shape index (κ1) is 12.8. The highest BCUT2D eigenvalue weighted by Gasteiger charge is 2.12. The van der Waals surface area contributed by atoms with Crippen molar-refractivity contribution in [2.24, 2.45) is 0 Å². The summed E-state index contributed by atoms with van der Waals surface area (Å²) in [5.74, 6) is -2.04. The first-order valence-corrected chi connectivity index (χ1v) is 5.48. The van der Waals surface area contributed by atoms with E-state index in [-0.39, 0.29) is 22.8 Å². The van der Waals surface area contributed by atoms with Gasteiger partial charge < -0.3 is 10.5 Å². The van der Waals surface area contributed by atoms with Crippen LogP contribution in [0.15, 0.2) is 17.0 Å². The van der Waals surface area contributed by atoms with Gasteiger partial charge in [-0.2, -0.15) is 0 Å². The topological polar surface area (TPSA) is 52.3 Å². The number of benzene rings is 1. The Bertz CT molecular complexity index is 399. The summed E-state index contributed by atoms with van der Waals surface area (Å²) in [7, 11) is 1.27. The quantitative estimate of drug-likeness (QED) is 0.503. The summed E-state index contributed by atoms with van der Waals surface area (Å²) in [5, 5.41) is 0. The van der Waals surface area contributed by atoms with E-state index in [1.54, 1.807) is 0 Å². The maximum atomic E-state index is 13.3. The number of hydrogen-bond acceptors (Lipinski definition) is 4. The van der Waals surface area contributed by atoms with Gasteiger partial charge in [0.25, 0.3) is 0 Å². The fraction of sp³-hybridized carbons (Fsp3) is 0.300. The zero-order chi connectivity index (χ0) is 12.1. The number of carbonyl (C=O) groups is 1. The average Bonchev–Trinajstić information content (AvgIpc) is 2.28. The largest absolute Gasteiger partial charge is 0.469 e. The van der Waals surface area contributed by atoms with E-state index in [2.05, 4.69) is 4.74 Å². The van der Waals surface area contributed by atoms with Crippen LogP contribution in [0.4, 0.5) is 14.5 Å². The summed E-state index contributed by atoms with van der Waals surface area (Å²) < 4.78 is 30.6. The minimum atomic E-state index is -0.977. The molecule has 0 saturated carbocycles. The Morgan fingerprint density at radius 1 is 1.50 bits per heavy atom. The third-order valence-electron chi connectivity index (χ3n) is 1.86. The highest BCUT2D eigenvalue weighted by Crippen LogP contribution is 2.29. The molecule has 0 aliphatic heterocycles. The van der Waals surface area contributed by atoms with Crippen LogP contribution in [-0.4, -0.2) is 18.8 Å². The fourth-order valence-corrected chi connectivity index (χ4v) is 1.96. The summed E-state index contributed by atoms with van der Waals surface area (Å²) >= 11 is 0.991. The molecule has 0 fully saturated rings. The number of esters is 1. The fourth-order valence-electron chi connectivity index (χ4n) is 1.03. The van der Waals surface area contributed by atoms with Crippen LogP contribution in [0.3, 0.4) is 0 Å². The molecule has 2 N–H and O–H groups in total. The number of anilines is 1. The molecule has 0 aromatic heterocycles. The number of rotatable bonds is 4. The summed E-state index contributed by atoms with van der Waals surface area (Å²) in [4.78, 5) is 10.8. The van der Waals surface area contributed by atoms with E-state index >= 15 is 0 Å². The molecule has 0 bridgehead atoms. The van der Waals surface area contributed by atoms with Crippen molar-refractivity contribution in [3.63, 3.8) is 0 Å². The third-order valence-corrected chi connectivity index (χ3v) is 2.97. The van der Waals surface area contributed by atoms with Gasteiger partial charge in [-0.1, -0.05) is 0 Å². The van der Waals surface area contributed by atoms with Gasteiger partial charge in [0.15, 0.2) is 11.6 Å². The number of halogens is 2. The van der Waals surface area contributed by atoms with E-state index in [9.17, 15) is 13.6 Å². The molecule has 1 aromatic rings. The second-order valence-corrected chi connectivity index (χ2v) is 4.06. The van der Waals surface area contributed by atoms with Gasteiger partial charge in [0.2, 0.25) is 0 Å². The Kier molecular flexibility index (Phi) is 4.54. The Morgan fingerprint density at radius 3 is 2.81 bits per heavy atom. The lowest BCUT2D eigenvalue weighted by Crippen LogP contribution is -2.02. The van der Waals surface area contributed by atoms with Gasteiger partial charge in [0.05, 0.1) is 18.4 Å². The molecule has 0 atom stereocenters. The van der Waals surface area contributed by atoms with Gasteiger partial charge in [-0.15, -0.1) is 11.8 Å². The second kappa shape index (κ2) is 5.69. The van der Waals surface area contributed by atoms with Crippen LogP contribution in [0.25, 0.3) is 0 Å². The second-order valence-electron chi connectivity index (χ2n) is 2.95. The number of methoxy groups -OCH3 is 1. The smallest absolute Gasteiger partial charge is 0.306 e. The lowest BCUT2D eigenvalue weighted by molar-refractivity contribution is -0.140. The predicted molar refractivity (Wildman–Crippen MR) is 58.1 cm³/mol. The Balaban J connectivity index is 2.67. The Morgan fingerprint density at radius 2 is 2.19 bits per heavy atom. The molecule has 0 aliphatic carbocycles. The van der Waals surface area contributed by atoms with Crippen molar-refractivity contribution in [1.29, 1.82) is 0 Å². The first-order chi connectivity index (χ1) is 7.56. The maximum Gasteiger partial charge on any atom is 0.306 e. The molecule has 0 saturated heterocycles. The molecular weight excluding hydrogens is 236 g/mol. The van der Waals surface area contributed by atoms with Gasteiger partial charge in [-0.3, -0.25) is 4.79 Å². The van der Waals surface area contributed by atoms with Gasteiger partial charge >= 0.3 is 5.97 Å². The average molecular weight is 247 g/mol. The first-order valence-electron chi connectivity index (χ1n) is 4.49.